The summed E-state index contributed by atoms with van der Waals surface area (Å²) in [6, 6.07) is 7.37. The summed E-state index contributed by atoms with van der Waals surface area (Å²) in [7, 11) is -1.10. The number of anilines is 2. The van der Waals surface area contributed by atoms with Gasteiger partial charge in [0.15, 0.2) is 0 Å². The third-order valence-electron chi connectivity index (χ3n) is 6.12. The van der Waals surface area contributed by atoms with Gasteiger partial charge >= 0.3 is 0 Å². The molecule has 1 fully saturated rings. The Labute approximate surface area is 180 Å². The van der Waals surface area contributed by atoms with E-state index >= 15 is 0 Å². The van der Waals surface area contributed by atoms with E-state index in [0.29, 0.717) is 40.5 Å². The predicted molar refractivity (Wildman–Crippen MR) is 119 cm³/mol. The maximum absolute atomic E-state index is 12.5. The largest absolute Gasteiger partial charge is 0.508 e. The number of benzene rings is 1. The van der Waals surface area contributed by atoms with Crippen molar-refractivity contribution in [3.8, 4) is 5.75 Å². The lowest BCUT2D eigenvalue weighted by atomic mass is 9.89. The maximum atomic E-state index is 12.5. The van der Waals surface area contributed by atoms with Crippen molar-refractivity contribution in [3.63, 3.8) is 0 Å². The predicted octanol–water partition coefficient (Wildman–Crippen LogP) is 2.66. The van der Waals surface area contributed by atoms with Crippen molar-refractivity contribution in [1.82, 2.24) is 9.97 Å². The molecule has 8 heteroatoms. The zero-order valence-corrected chi connectivity index (χ0v) is 18.4. The molecule has 0 amide bonds. The molecule has 1 aromatic heterocycles. The normalized spacial score (nSPS) is 20.4. The van der Waals surface area contributed by atoms with Gasteiger partial charge in [-0.05, 0) is 42.4 Å². The molecule has 2 aliphatic rings. The molecule has 3 N–H and O–H groups in total. The number of aliphatic hydroxyl groups excluding tert-OH is 1. The molecular formula is C22H30N4O3S. The second-order valence-corrected chi connectivity index (χ2v) is 9.99. The van der Waals surface area contributed by atoms with Crippen molar-refractivity contribution in [2.24, 2.45) is 5.92 Å². The summed E-state index contributed by atoms with van der Waals surface area (Å²) in [5, 5.41) is 22.8. The molecule has 0 radical (unpaired) electrons. The summed E-state index contributed by atoms with van der Waals surface area (Å²) in [6.45, 7) is 5.73. The zero-order valence-electron chi connectivity index (χ0n) is 17.5. The van der Waals surface area contributed by atoms with Crippen LogP contribution in [0.3, 0.4) is 0 Å². The first-order valence-electron chi connectivity index (χ1n) is 10.7. The van der Waals surface area contributed by atoms with Crippen LogP contribution in [0.15, 0.2) is 29.2 Å². The Morgan fingerprint density at radius 2 is 2.03 bits per heavy atom. The highest BCUT2D eigenvalue weighted by Crippen LogP contribution is 2.34. The van der Waals surface area contributed by atoms with E-state index in [9.17, 15) is 14.4 Å². The Balaban J connectivity index is 1.55. The van der Waals surface area contributed by atoms with Crippen LogP contribution in [0.4, 0.5) is 11.8 Å². The molecule has 0 spiro atoms. The zero-order chi connectivity index (χ0) is 21.3. The van der Waals surface area contributed by atoms with Crippen LogP contribution in [0.5, 0.6) is 5.75 Å². The number of aryl methyl sites for hydroxylation is 1. The van der Waals surface area contributed by atoms with Crippen LogP contribution in [0.2, 0.25) is 0 Å². The second kappa shape index (κ2) is 8.89. The minimum absolute atomic E-state index is 0.00622. The number of phenols is 1. The summed E-state index contributed by atoms with van der Waals surface area (Å²) in [5.74, 6) is 2.79. The van der Waals surface area contributed by atoms with E-state index in [1.807, 2.05) is 26.0 Å². The van der Waals surface area contributed by atoms with Gasteiger partial charge in [-0.3, -0.25) is 4.21 Å². The van der Waals surface area contributed by atoms with Crippen LogP contribution in [0.1, 0.15) is 43.9 Å². The molecule has 30 heavy (non-hydrogen) atoms. The highest BCUT2D eigenvalue weighted by Gasteiger charge is 2.30. The number of nitrogens with zero attached hydrogens (tertiary/aromatic N) is 3. The molecule has 2 atom stereocenters. The lowest BCUT2D eigenvalue weighted by Gasteiger charge is -2.33. The van der Waals surface area contributed by atoms with Crippen LogP contribution in [0.25, 0.3) is 0 Å². The van der Waals surface area contributed by atoms with E-state index in [-0.39, 0.29) is 18.6 Å². The van der Waals surface area contributed by atoms with E-state index in [2.05, 4.69) is 16.3 Å². The lowest BCUT2D eigenvalue weighted by Crippen LogP contribution is -2.35. The third-order valence-corrected chi connectivity index (χ3v) is 7.58. The SMILES string of the molecule is CC(C)[C@H](CO)Nc1nc(N2CCC(c3cccc(O)c3)CC2)nc2c1S(=O)CC2. The molecule has 1 unspecified atom stereocenters. The van der Waals surface area contributed by atoms with E-state index in [1.165, 1.54) is 5.56 Å². The average molecular weight is 431 g/mol. The molecule has 0 aliphatic carbocycles. The minimum Gasteiger partial charge on any atom is -0.508 e. The fraction of sp³-hybridized carbons (Fsp3) is 0.545. The number of fused-ring (bicyclic) bond motifs is 1. The first kappa shape index (κ1) is 21.1. The summed E-state index contributed by atoms with van der Waals surface area (Å²) in [6.07, 6.45) is 2.62. The first-order chi connectivity index (χ1) is 14.5. The van der Waals surface area contributed by atoms with Crippen LogP contribution in [0, 0.1) is 5.92 Å². The molecule has 0 saturated carbocycles. The highest BCUT2D eigenvalue weighted by molar-refractivity contribution is 7.85. The average Bonchev–Trinajstić information content (AvgIpc) is 3.12. The smallest absolute Gasteiger partial charge is 0.227 e. The highest BCUT2D eigenvalue weighted by atomic mass is 32.2. The maximum Gasteiger partial charge on any atom is 0.227 e. The third kappa shape index (κ3) is 4.30. The minimum atomic E-state index is -1.10. The van der Waals surface area contributed by atoms with Crippen molar-refractivity contribution in [1.29, 1.82) is 0 Å². The van der Waals surface area contributed by atoms with Gasteiger partial charge in [0.25, 0.3) is 0 Å². The fourth-order valence-corrected chi connectivity index (χ4v) is 5.53. The number of piperidine rings is 1. The van der Waals surface area contributed by atoms with Crippen molar-refractivity contribution >= 4 is 22.6 Å². The standard InChI is InChI=1S/C22H30N4O3S/c1-14(2)19(13-27)23-21-20-18(8-11-30(20)29)24-22(25-21)26-9-6-15(7-10-26)16-4-3-5-17(28)12-16/h3-5,12,14-15,19,27-28H,6-11,13H2,1-2H3,(H,23,24,25)/t19-,30?/m0/s1. The van der Waals surface area contributed by atoms with Gasteiger partial charge in [-0.25, -0.2) is 4.98 Å². The topological polar surface area (TPSA) is 98.6 Å². The molecule has 1 saturated heterocycles. The fourth-order valence-electron chi connectivity index (χ4n) is 4.21. The molecule has 1 aromatic carbocycles. The van der Waals surface area contributed by atoms with Gasteiger partial charge in [0.2, 0.25) is 5.95 Å². The van der Waals surface area contributed by atoms with E-state index in [4.69, 9.17) is 9.97 Å². The van der Waals surface area contributed by atoms with Gasteiger partial charge in [0.1, 0.15) is 16.5 Å². The summed E-state index contributed by atoms with van der Waals surface area (Å²) in [5.41, 5.74) is 2.03. The quantitative estimate of drug-likeness (QED) is 0.648. The number of hydrogen-bond acceptors (Lipinski definition) is 7. The lowest BCUT2D eigenvalue weighted by molar-refractivity contribution is 0.249. The van der Waals surface area contributed by atoms with Crippen LogP contribution in [-0.2, 0) is 17.2 Å². The molecule has 3 heterocycles. The Morgan fingerprint density at radius 3 is 2.70 bits per heavy atom. The van der Waals surface area contributed by atoms with Gasteiger partial charge < -0.3 is 20.4 Å². The van der Waals surface area contributed by atoms with Gasteiger partial charge in [0, 0.05) is 25.3 Å². The number of rotatable bonds is 6. The number of hydrogen-bond donors (Lipinski definition) is 3. The summed E-state index contributed by atoms with van der Waals surface area (Å²) < 4.78 is 12.5. The van der Waals surface area contributed by atoms with Crippen molar-refractivity contribution < 1.29 is 14.4 Å². The number of aromatic hydroxyl groups is 1. The molecule has 7 nitrogen and oxygen atoms in total. The first-order valence-corrected chi connectivity index (χ1v) is 12.0. The summed E-state index contributed by atoms with van der Waals surface area (Å²) >= 11 is 0. The van der Waals surface area contributed by atoms with E-state index in [1.54, 1.807) is 6.07 Å². The summed E-state index contributed by atoms with van der Waals surface area (Å²) in [4.78, 5) is 12.4. The van der Waals surface area contributed by atoms with Crippen LogP contribution >= 0.6 is 0 Å². The molecule has 2 aromatic rings. The Kier molecular flexibility index (Phi) is 6.24. The van der Waals surface area contributed by atoms with Crippen LogP contribution in [-0.4, -0.2) is 55.9 Å². The Bertz CT molecular complexity index is 929. The molecule has 2 aliphatic heterocycles. The molecule has 4 rings (SSSR count). The Morgan fingerprint density at radius 1 is 1.27 bits per heavy atom. The number of aliphatic hydroxyl groups is 1. The Hall–Kier alpha value is -2.19. The van der Waals surface area contributed by atoms with Gasteiger partial charge in [0.05, 0.1) is 29.1 Å². The van der Waals surface area contributed by atoms with E-state index < -0.39 is 10.8 Å². The number of aromatic nitrogens is 2. The monoisotopic (exact) mass is 430 g/mol. The van der Waals surface area contributed by atoms with Gasteiger partial charge in [-0.15, -0.1) is 0 Å². The number of phenolic OH excluding ortho intramolecular Hbond substituents is 1. The van der Waals surface area contributed by atoms with Gasteiger partial charge in [-0.2, -0.15) is 4.98 Å². The van der Waals surface area contributed by atoms with Crippen molar-refractivity contribution in [3.05, 3.63) is 35.5 Å². The molecule has 162 valence electrons. The van der Waals surface area contributed by atoms with Crippen LogP contribution < -0.4 is 10.2 Å². The number of nitrogens with one attached hydrogen (secondary N) is 1. The molecule has 0 bridgehead atoms. The van der Waals surface area contributed by atoms with Gasteiger partial charge in [-0.1, -0.05) is 26.0 Å². The van der Waals surface area contributed by atoms with E-state index in [0.717, 1.165) is 31.6 Å². The second-order valence-electron chi connectivity index (χ2n) is 8.48. The van der Waals surface area contributed by atoms with Crippen molar-refractivity contribution in [2.45, 2.75) is 50.0 Å². The molecular weight excluding hydrogens is 400 g/mol. The van der Waals surface area contributed by atoms with Crippen molar-refractivity contribution in [2.75, 3.05) is 35.7 Å².